The molecule has 26 heavy (non-hydrogen) atoms. The van der Waals surface area contributed by atoms with E-state index in [9.17, 15) is 4.79 Å². The minimum Gasteiger partial charge on any atom is -0.469 e. The van der Waals surface area contributed by atoms with Crippen molar-refractivity contribution in [2.24, 2.45) is 5.92 Å². The lowest BCUT2D eigenvalue weighted by Gasteiger charge is -2.27. The Bertz CT molecular complexity index is 876. The first kappa shape index (κ1) is 16.8. The maximum Gasteiger partial charge on any atom is 0.273 e. The maximum atomic E-state index is 12.4. The molecule has 0 unspecified atom stereocenters. The maximum absolute atomic E-state index is 12.4. The molecule has 0 saturated heterocycles. The molecular formula is C20H24N4O2. The van der Waals surface area contributed by atoms with E-state index in [1.165, 1.54) is 25.7 Å². The molecule has 1 aliphatic rings. The molecule has 136 valence electrons. The van der Waals surface area contributed by atoms with Gasteiger partial charge in [0.05, 0.1) is 6.26 Å². The van der Waals surface area contributed by atoms with Crippen LogP contribution in [0.3, 0.4) is 0 Å². The molecule has 0 bridgehead atoms. The van der Waals surface area contributed by atoms with Crippen molar-refractivity contribution < 1.29 is 9.21 Å². The summed E-state index contributed by atoms with van der Waals surface area (Å²) in [5.41, 5.74) is 2.02. The highest BCUT2D eigenvalue weighted by molar-refractivity contribution is 5.97. The molecule has 3 aromatic heterocycles. The standard InChI is InChI=1S/C20H24N4O2/c1-14-8-10-21-19-18(23-13-24(14)19)20(25)22-11-9-15-4-6-16(7-5-15)17-3-2-12-26-17/h2-3,8,10,12-13,15-16H,4-7,9,11H2,1H3,(H,22,25). The summed E-state index contributed by atoms with van der Waals surface area (Å²) in [4.78, 5) is 21.0. The minimum atomic E-state index is -0.144. The van der Waals surface area contributed by atoms with Crippen molar-refractivity contribution >= 4 is 11.6 Å². The number of aryl methyl sites for hydroxylation is 1. The van der Waals surface area contributed by atoms with Gasteiger partial charge >= 0.3 is 0 Å². The van der Waals surface area contributed by atoms with Crippen LogP contribution in [0.4, 0.5) is 0 Å². The highest BCUT2D eigenvalue weighted by Gasteiger charge is 2.24. The van der Waals surface area contributed by atoms with Gasteiger partial charge < -0.3 is 9.73 Å². The molecule has 3 heterocycles. The predicted octanol–water partition coefficient (Wildman–Crippen LogP) is 3.72. The molecule has 0 spiro atoms. The van der Waals surface area contributed by atoms with Gasteiger partial charge in [-0.25, -0.2) is 9.97 Å². The van der Waals surface area contributed by atoms with Gasteiger partial charge in [0.15, 0.2) is 11.3 Å². The number of hydrogen-bond donors (Lipinski definition) is 1. The van der Waals surface area contributed by atoms with Gasteiger partial charge in [0.25, 0.3) is 5.91 Å². The SMILES string of the molecule is Cc1ccnc2c(C(=O)NCCC3CCC(c4ccco4)CC3)ncn12. The molecule has 4 rings (SSSR count). The number of amides is 1. The Morgan fingerprint density at radius 1 is 1.27 bits per heavy atom. The average molecular weight is 352 g/mol. The summed E-state index contributed by atoms with van der Waals surface area (Å²) in [6, 6.07) is 5.94. The van der Waals surface area contributed by atoms with E-state index in [1.54, 1.807) is 18.8 Å². The number of aromatic nitrogens is 3. The van der Waals surface area contributed by atoms with Gasteiger partial charge in [0.2, 0.25) is 0 Å². The van der Waals surface area contributed by atoms with Crippen molar-refractivity contribution in [2.45, 2.75) is 44.9 Å². The van der Waals surface area contributed by atoms with Crippen LogP contribution in [0.2, 0.25) is 0 Å². The van der Waals surface area contributed by atoms with Crippen molar-refractivity contribution in [3.05, 3.63) is 54.1 Å². The van der Waals surface area contributed by atoms with Gasteiger partial charge in [-0.2, -0.15) is 0 Å². The Kier molecular flexibility index (Phi) is 4.73. The van der Waals surface area contributed by atoms with Crippen LogP contribution >= 0.6 is 0 Å². The van der Waals surface area contributed by atoms with Gasteiger partial charge in [-0.15, -0.1) is 0 Å². The van der Waals surface area contributed by atoms with E-state index in [2.05, 4.69) is 21.4 Å². The van der Waals surface area contributed by atoms with E-state index in [1.807, 2.05) is 23.5 Å². The first-order valence-electron chi connectivity index (χ1n) is 9.32. The number of imidazole rings is 1. The summed E-state index contributed by atoms with van der Waals surface area (Å²) in [6.45, 7) is 2.65. The third-order valence-electron chi connectivity index (χ3n) is 5.48. The molecule has 1 amide bonds. The fourth-order valence-electron chi connectivity index (χ4n) is 3.91. The van der Waals surface area contributed by atoms with Gasteiger partial charge in [0.1, 0.15) is 12.1 Å². The van der Waals surface area contributed by atoms with Crippen molar-refractivity contribution in [2.75, 3.05) is 6.54 Å². The summed E-state index contributed by atoms with van der Waals surface area (Å²) in [5.74, 6) is 2.20. The number of furan rings is 1. The number of nitrogens with one attached hydrogen (secondary N) is 1. The van der Waals surface area contributed by atoms with E-state index in [4.69, 9.17) is 4.42 Å². The molecule has 6 nitrogen and oxygen atoms in total. The molecule has 0 aromatic carbocycles. The van der Waals surface area contributed by atoms with Crippen LogP contribution in [-0.4, -0.2) is 26.8 Å². The summed E-state index contributed by atoms with van der Waals surface area (Å²) < 4.78 is 7.37. The third-order valence-corrected chi connectivity index (χ3v) is 5.48. The van der Waals surface area contributed by atoms with Crippen LogP contribution in [-0.2, 0) is 0 Å². The van der Waals surface area contributed by atoms with Crippen LogP contribution < -0.4 is 5.32 Å². The normalized spacial score (nSPS) is 20.3. The van der Waals surface area contributed by atoms with E-state index >= 15 is 0 Å². The fourth-order valence-corrected chi connectivity index (χ4v) is 3.91. The predicted molar refractivity (Wildman–Crippen MR) is 98.1 cm³/mol. The largest absolute Gasteiger partial charge is 0.469 e. The van der Waals surface area contributed by atoms with Crippen LogP contribution in [0.5, 0.6) is 0 Å². The van der Waals surface area contributed by atoms with Crippen molar-refractivity contribution in [3.63, 3.8) is 0 Å². The van der Waals surface area contributed by atoms with Gasteiger partial charge in [0, 0.05) is 24.4 Å². The average Bonchev–Trinajstić information content (AvgIpc) is 3.33. The lowest BCUT2D eigenvalue weighted by molar-refractivity contribution is 0.0947. The van der Waals surface area contributed by atoms with E-state index in [0.29, 0.717) is 29.7 Å². The molecule has 3 aromatic rings. The molecule has 0 radical (unpaired) electrons. The van der Waals surface area contributed by atoms with Gasteiger partial charge in [-0.1, -0.05) is 0 Å². The molecule has 6 heteroatoms. The van der Waals surface area contributed by atoms with E-state index < -0.39 is 0 Å². The zero-order valence-corrected chi connectivity index (χ0v) is 15.0. The zero-order chi connectivity index (χ0) is 17.9. The summed E-state index contributed by atoms with van der Waals surface area (Å²) in [6.07, 6.45) is 10.8. The lowest BCUT2D eigenvalue weighted by atomic mass is 9.79. The first-order valence-corrected chi connectivity index (χ1v) is 9.32. The summed E-state index contributed by atoms with van der Waals surface area (Å²) in [5, 5.41) is 3.01. The molecule has 0 aliphatic heterocycles. The summed E-state index contributed by atoms with van der Waals surface area (Å²) in [7, 11) is 0. The van der Waals surface area contributed by atoms with Crippen LogP contribution in [0.15, 0.2) is 41.4 Å². The molecule has 1 fully saturated rings. The highest BCUT2D eigenvalue weighted by Crippen LogP contribution is 2.36. The van der Waals surface area contributed by atoms with E-state index in [0.717, 1.165) is 17.9 Å². The third kappa shape index (κ3) is 3.36. The van der Waals surface area contributed by atoms with Crippen LogP contribution in [0, 0.1) is 12.8 Å². The fraction of sp³-hybridized carbons (Fsp3) is 0.450. The first-order chi connectivity index (χ1) is 12.7. The number of fused-ring (bicyclic) bond motifs is 1. The second-order valence-electron chi connectivity index (χ2n) is 7.15. The minimum absolute atomic E-state index is 0.144. The van der Waals surface area contributed by atoms with Gasteiger partial charge in [-0.3, -0.25) is 9.20 Å². The summed E-state index contributed by atoms with van der Waals surface area (Å²) >= 11 is 0. The van der Waals surface area contributed by atoms with Gasteiger partial charge in [-0.05, 0) is 63.1 Å². The molecule has 1 N–H and O–H groups in total. The number of rotatable bonds is 5. The zero-order valence-electron chi connectivity index (χ0n) is 15.0. The Morgan fingerprint density at radius 2 is 2.12 bits per heavy atom. The molecular weight excluding hydrogens is 328 g/mol. The molecule has 1 aliphatic carbocycles. The quantitative estimate of drug-likeness (QED) is 0.759. The monoisotopic (exact) mass is 352 g/mol. The number of carbonyl (C=O) groups excluding carboxylic acids is 1. The number of hydrogen-bond acceptors (Lipinski definition) is 4. The molecule has 1 saturated carbocycles. The number of nitrogens with zero attached hydrogens (tertiary/aromatic N) is 3. The van der Waals surface area contributed by atoms with E-state index in [-0.39, 0.29) is 5.91 Å². The Morgan fingerprint density at radius 3 is 2.88 bits per heavy atom. The highest BCUT2D eigenvalue weighted by atomic mass is 16.3. The van der Waals surface area contributed by atoms with Crippen molar-refractivity contribution in [1.82, 2.24) is 19.7 Å². The smallest absolute Gasteiger partial charge is 0.273 e. The topological polar surface area (TPSA) is 72.4 Å². The Labute approximate surface area is 152 Å². The van der Waals surface area contributed by atoms with Crippen molar-refractivity contribution in [3.8, 4) is 0 Å². The van der Waals surface area contributed by atoms with Crippen LogP contribution in [0.1, 0.15) is 60.0 Å². The second-order valence-corrected chi connectivity index (χ2v) is 7.15. The lowest BCUT2D eigenvalue weighted by Crippen LogP contribution is -2.27. The number of carbonyl (C=O) groups is 1. The Hall–Kier alpha value is -2.63. The second kappa shape index (κ2) is 7.32. The Balaban J connectivity index is 1.27. The molecule has 0 atom stereocenters. The van der Waals surface area contributed by atoms with Crippen LogP contribution in [0.25, 0.3) is 5.65 Å². The van der Waals surface area contributed by atoms with Crippen molar-refractivity contribution in [1.29, 1.82) is 0 Å².